The molecule has 0 saturated carbocycles. The van der Waals surface area contributed by atoms with E-state index in [1.807, 2.05) is 0 Å². The van der Waals surface area contributed by atoms with Gasteiger partial charge in [-0.15, -0.1) is 0 Å². The molecule has 0 atom stereocenters. The van der Waals surface area contributed by atoms with Crippen LogP contribution in [0.25, 0.3) is 6.08 Å². The molecule has 0 unspecified atom stereocenters. The summed E-state index contributed by atoms with van der Waals surface area (Å²) in [6.45, 7) is 2.04. The van der Waals surface area contributed by atoms with Crippen molar-refractivity contribution >= 4 is 29.6 Å². The van der Waals surface area contributed by atoms with Gasteiger partial charge in [0.15, 0.2) is 17.2 Å². The molecule has 1 aliphatic rings. The highest BCUT2D eigenvalue weighted by molar-refractivity contribution is 6.12. The van der Waals surface area contributed by atoms with Crippen molar-refractivity contribution in [1.82, 2.24) is 0 Å². The lowest BCUT2D eigenvalue weighted by atomic mass is 10.1. The molecule has 1 aliphatic heterocycles. The Kier molecular flexibility index (Phi) is 7.05. The molecule has 10 heteroatoms. The van der Waals surface area contributed by atoms with E-state index in [9.17, 15) is 19.7 Å². The number of carbonyl (C=O) groups is 2. The fourth-order valence-electron chi connectivity index (χ4n) is 3.30. The smallest absolute Gasteiger partial charge is 0.363 e. The standard InChI is InChI=1S/C26H20N2O8/c1-3-34-23-14-16(7-12-22(23)35-25(29)18-5-4-6-19(15-18)28(31)32)13-21-26(30)36-24(27-21)17-8-10-20(33-2)11-9-17/h4-15H,3H2,1-2H3/b21-13+. The Bertz CT molecular complexity index is 1390. The number of aliphatic imine (C=N–C) groups is 1. The number of nitro benzene ring substituents is 1. The van der Waals surface area contributed by atoms with Gasteiger partial charge < -0.3 is 18.9 Å². The minimum atomic E-state index is -0.779. The van der Waals surface area contributed by atoms with Crippen molar-refractivity contribution in [3.63, 3.8) is 0 Å². The normalized spacial score (nSPS) is 13.7. The first-order valence-electron chi connectivity index (χ1n) is 10.8. The number of methoxy groups -OCH3 is 1. The molecule has 3 aromatic carbocycles. The molecular weight excluding hydrogens is 468 g/mol. The van der Waals surface area contributed by atoms with E-state index in [0.29, 0.717) is 16.9 Å². The maximum absolute atomic E-state index is 12.6. The Morgan fingerprint density at radius 3 is 2.56 bits per heavy atom. The minimum Gasteiger partial charge on any atom is -0.497 e. The van der Waals surface area contributed by atoms with Crippen LogP contribution in [0.2, 0.25) is 0 Å². The van der Waals surface area contributed by atoms with E-state index < -0.39 is 16.9 Å². The third-order valence-electron chi connectivity index (χ3n) is 5.02. The van der Waals surface area contributed by atoms with E-state index in [-0.39, 0.29) is 41.0 Å². The third-order valence-corrected chi connectivity index (χ3v) is 5.02. The van der Waals surface area contributed by atoms with Gasteiger partial charge in [0.2, 0.25) is 5.90 Å². The molecule has 0 spiro atoms. The quantitative estimate of drug-likeness (QED) is 0.148. The molecule has 1 heterocycles. The van der Waals surface area contributed by atoms with Crippen LogP contribution in [0.1, 0.15) is 28.4 Å². The van der Waals surface area contributed by atoms with Crippen LogP contribution < -0.4 is 14.2 Å². The second-order valence-electron chi connectivity index (χ2n) is 7.40. The Labute approximate surface area is 205 Å². The van der Waals surface area contributed by atoms with Gasteiger partial charge in [0.25, 0.3) is 5.69 Å². The summed E-state index contributed by atoms with van der Waals surface area (Å²) in [4.78, 5) is 39.6. The average Bonchev–Trinajstić information content (AvgIpc) is 3.25. The van der Waals surface area contributed by atoms with Crippen LogP contribution in [-0.2, 0) is 9.53 Å². The largest absolute Gasteiger partial charge is 0.497 e. The number of benzene rings is 3. The van der Waals surface area contributed by atoms with Gasteiger partial charge in [0, 0.05) is 17.7 Å². The van der Waals surface area contributed by atoms with Crippen molar-refractivity contribution in [2.75, 3.05) is 13.7 Å². The highest BCUT2D eigenvalue weighted by Gasteiger charge is 2.24. The summed E-state index contributed by atoms with van der Waals surface area (Å²) < 4.78 is 21.4. The van der Waals surface area contributed by atoms with Crippen LogP contribution in [-0.4, -0.2) is 36.5 Å². The van der Waals surface area contributed by atoms with Crippen LogP contribution in [0, 0.1) is 10.1 Å². The lowest BCUT2D eigenvalue weighted by molar-refractivity contribution is -0.384. The van der Waals surface area contributed by atoms with Gasteiger partial charge in [-0.05, 0) is 61.0 Å². The topological polar surface area (TPSA) is 127 Å². The number of carbonyl (C=O) groups excluding carboxylic acids is 2. The summed E-state index contributed by atoms with van der Waals surface area (Å²) in [6.07, 6.45) is 1.52. The predicted molar refractivity (Wildman–Crippen MR) is 129 cm³/mol. The maximum atomic E-state index is 12.6. The van der Waals surface area contributed by atoms with Gasteiger partial charge in [0.1, 0.15) is 5.75 Å². The Hall–Kier alpha value is -4.99. The summed E-state index contributed by atoms with van der Waals surface area (Å²) in [7, 11) is 1.55. The molecule has 0 saturated heterocycles. The van der Waals surface area contributed by atoms with E-state index in [2.05, 4.69) is 4.99 Å². The number of hydrogen-bond donors (Lipinski definition) is 0. The van der Waals surface area contributed by atoms with Crippen molar-refractivity contribution in [3.05, 3.63) is 99.2 Å². The van der Waals surface area contributed by atoms with E-state index in [1.165, 1.54) is 30.3 Å². The highest BCUT2D eigenvalue weighted by Crippen LogP contribution is 2.31. The summed E-state index contributed by atoms with van der Waals surface area (Å²) in [5.74, 6) is -0.197. The molecule has 0 aromatic heterocycles. The zero-order valence-electron chi connectivity index (χ0n) is 19.3. The van der Waals surface area contributed by atoms with Crippen molar-refractivity contribution < 1.29 is 33.5 Å². The molecular formula is C26H20N2O8. The fourth-order valence-corrected chi connectivity index (χ4v) is 3.30. The number of esters is 2. The minimum absolute atomic E-state index is 0.0203. The predicted octanol–water partition coefficient (Wildman–Crippen LogP) is 4.57. The molecule has 4 rings (SSSR count). The van der Waals surface area contributed by atoms with Crippen molar-refractivity contribution in [2.45, 2.75) is 6.92 Å². The Morgan fingerprint density at radius 2 is 1.86 bits per heavy atom. The van der Waals surface area contributed by atoms with E-state index >= 15 is 0 Å². The van der Waals surface area contributed by atoms with Gasteiger partial charge in [-0.1, -0.05) is 12.1 Å². The lowest BCUT2D eigenvalue weighted by Crippen LogP contribution is -2.10. The number of nitro groups is 1. The van der Waals surface area contributed by atoms with E-state index in [0.717, 1.165) is 6.07 Å². The number of non-ortho nitro benzene ring substituents is 1. The molecule has 10 nitrogen and oxygen atoms in total. The Balaban J connectivity index is 1.57. The molecule has 0 aliphatic carbocycles. The fraction of sp³-hybridized carbons (Fsp3) is 0.115. The molecule has 0 fully saturated rings. The third kappa shape index (κ3) is 5.39. The van der Waals surface area contributed by atoms with Crippen LogP contribution in [0.4, 0.5) is 5.69 Å². The van der Waals surface area contributed by atoms with Crippen molar-refractivity contribution in [1.29, 1.82) is 0 Å². The second kappa shape index (κ2) is 10.5. The molecule has 0 bridgehead atoms. The van der Waals surface area contributed by atoms with E-state index in [1.54, 1.807) is 50.4 Å². The zero-order valence-corrected chi connectivity index (χ0v) is 19.3. The van der Waals surface area contributed by atoms with Gasteiger partial charge >= 0.3 is 11.9 Å². The number of ether oxygens (including phenoxy) is 4. The monoisotopic (exact) mass is 488 g/mol. The first-order valence-corrected chi connectivity index (χ1v) is 10.8. The number of rotatable bonds is 8. The molecule has 0 N–H and O–H groups in total. The molecule has 0 radical (unpaired) electrons. The number of nitrogens with zero attached hydrogens (tertiary/aromatic N) is 2. The first kappa shape index (κ1) is 24.1. The zero-order chi connectivity index (χ0) is 25.7. The van der Waals surface area contributed by atoms with Crippen LogP contribution in [0.5, 0.6) is 17.2 Å². The molecule has 3 aromatic rings. The second-order valence-corrected chi connectivity index (χ2v) is 7.40. The van der Waals surface area contributed by atoms with Gasteiger partial charge in [-0.25, -0.2) is 14.6 Å². The highest BCUT2D eigenvalue weighted by atomic mass is 16.6. The van der Waals surface area contributed by atoms with Gasteiger partial charge in [-0.3, -0.25) is 10.1 Å². The van der Waals surface area contributed by atoms with Gasteiger partial charge in [0.05, 0.1) is 24.2 Å². The SMILES string of the molecule is CCOc1cc(/C=C2/N=C(c3ccc(OC)cc3)OC2=O)ccc1OC(=O)c1cccc([N+](=O)[O-])c1. The maximum Gasteiger partial charge on any atom is 0.363 e. The van der Waals surface area contributed by atoms with E-state index in [4.69, 9.17) is 18.9 Å². The lowest BCUT2D eigenvalue weighted by Gasteiger charge is -2.11. The van der Waals surface area contributed by atoms with Gasteiger partial charge in [-0.2, -0.15) is 0 Å². The Morgan fingerprint density at radius 1 is 1.08 bits per heavy atom. The number of hydrogen-bond acceptors (Lipinski definition) is 9. The first-order chi connectivity index (χ1) is 17.4. The number of cyclic esters (lactones) is 1. The molecule has 182 valence electrons. The van der Waals surface area contributed by atoms with Crippen LogP contribution >= 0.6 is 0 Å². The summed E-state index contributed by atoms with van der Waals surface area (Å²) in [6, 6.07) is 16.8. The van der Waals surface area contributed by atoms with Crippen LogP contribution in [0.3, 0.4) is 0 Å². The van der Waals surface area contributed by atoms with Crippen molar-refractivity contribution in [3.8, 4) is 17.2 Å². The van der Waals surface area contributed by atoms with Crippen molar-refractivity contribution in [2.24, 2.45) is 4.99 Å². The summed E-state index contributed by atoms with van der Waals surface area (Å²) in [5.41, 5.74) is 1.05. The molecule has 0 amide bonds. The summed E-state index contributed by atoms with van der Waals surface area (Å²) >= 11 is 0. The summed E-state index contributed by atoms with van der Waals surface area (Å²) in [5, 5.41) is 11.0. The van der Waals surface area contributed by atoms with Crippen LogP contribution in [0.15, 0.2) is 77.4 Å². The average molecular weight is 488 g/mol. The molecule has 36 heavy (non-hydrogen) atoms.